The molecule has 3 heteroatoms. The van der Waals surface area contributed by atoms with E-state index in [0.717, 1.165) is 12.8 Å². The van der Waals surface area contributed by atoms with Crippen LogP contribution in [-0.4, -0.2) is 18.4 Å². The van der Waals surface area contributed by atoms with E-state index >= 15 is 0 Å². The van der Waals surface area contributed by atoms with Gasteiger partial charge in [0.1, 0.15) is 0 Å². The molecule has 76 valence electrons. The molecule has 1 heterocycles. The number of thiophene rings is 1. The lowest BCUT2D eigenvalue weighted by atomic mass is 10.0. The molecule has 1 atom stereocenters. The van der Waals surface area contributed by atoms with Gasteiger partial charge in [0.15, 0.2) is 0 Å². The van der Waals surface area contributed by atoms with Gasteiger partial charge in [-0.2, -0.15) is 0 Å². The third-order valence-electron chi connectivity index (χ3n) is 2.93. The summed E-state index contributed by atoms with van der Waals surface area (Å²) in [6, 6.07) is 2.49. The number of fused-ring (bicyclic) bond motifs is 1. The highest BCUT2D eigenvalue weighted by molar-refractivity contribution is 7.10. The zero-order chi connectivity index (χ0) is 9.97. The van der Waals surface area contributed by atoms with Crippen LogP contribution in [0.2, 0.25) is 0 Å². The van der Waals surface area contributed by atoms with Crippen LogP contribution in [0.1, 0.15) is 35.7 Å². The van der Waals surface area contributed by atoms with Gasteiger partial charge >= 0.3 is 0 Å². The van der Waals surface area contributed by atoms with Gasteiger partial charge in [0.2, 0.25) is 6.41 Å². The molecule has 0 bridgehead atoms. The number of aryl methyl sites for hydroxylation is 1. The van der Waals surface area contributed by atoms with E-state index in [0.29, 0.717) is 6.04 Å². The first-order valence-electron chi connectivity index (χ1n) is 5.06. The summed E-state index contributed by atoms with van der Waals surface area (Å²) >= 11 is 1.83. The Labute approximate surface area is 88.5 Å². The lowest BCUT2D eigenvalue weighted by molar-refractivity contribution is -0.119. The molecule has 0 spiro atoms. The molecule has 1 aliphatic carbocycles. The van der Waals surface area contributed by atoms with Gasteiger partial charge in [0, 0.05) is 11.9 Å². The summed E-state index contributed by atoms with van der Waals surface area (Å²) in [4.78, 5) is 14.1. The van der Waals surface area contributed by atoms with Gasteiger partial charge in [-0.15, -0.1) is 11.3 Å². The molecule has 0 aromatic carbocycles. The van der Waals surface area contributed by atoms with Crippen molar-refractivity contribution in [2.45, 2.75) is 31.7 Å². The SMILES string of the molecule is CN(C=O)C1CCCCc2sccc21. The smallest absolute Gasteiger partial charge is 0.209 e. The maximum Gasteiger partial charge on any atom is 0.209 e. The van der Waals surface area contributed by atoms with E-state index < -0.39 is 0 Å². The molecular formula is C11H15NOS. The maximum absolute atomic E-state index is 10.8. The Balaban J connectivity index is 2.30. The maximum atomic E-state index is 10.8. The summed E-state index contributed by atoms with van der Waals surface area (Å²) in [5.41, 5.74) is 1.38. The van der Waals surface area contributed by atoms with Crippen LogP contribution in [-0.2, 0) is 11.2 Å². The van der Waals surface area contributed by atoms with Gasteiger partial charge in [-0.25, -0.2) is 0 Å². The quantitative estimate of drug-likeness (QED) is 0.541. The minimum absolute atomic E-state index is 0.316. The molecule has 2 nitrogen and oxygen atoms in total. The first kappa shape index (κ1) is 9.71. The van der Waals surface area contributed by atoms with E-state index in [1.807, 2.05) is 18.4 Å². The Bertz CT molecular complexity index is 321. The van der Waals surface area contributed by atoms with Crippen molar-refractivity contribution in [1.29, 1.82) is 0 Å². The molecule has 0 saturated heterocycles. The molecule has 1 aliphatic rings. The van der Waals surface area contributed by atoms with E-state index in [1.165, 1.54) is 29.7 Å². The van der Waals surface area contributed by atoms with E-state index in [-0.39, 0.29) is 0 Å². The first-order chi connectivity index (χ1) is 6.83. The molecule has 1 aromatic rings. The summed E-state index contributed by atoms with van der Waals surface area (Å²) < 4.78 is 0. The predicted molar refractivity (Wildman–Crippen MR) is 58.4 cm³/mol. The average molecular weight is 209 g/mol. The average Bonchev–Trinajstić information content (AvgIpc) is 2.57. The van der Waals surface area contributed by atoms with Crippen molar-refractivity contribution in [2.24, 2.45) is 0 Å². The molecule has 2 rings (SSSR count). The Morgan fingerprint density at radius 1 is 1.57 bits per heavy atom. The fourth-order valence-electron chi connectivity index (χ4n) is 2.13. The van der Waals surface area contributed by atoms with Gasteiger partial charge in [-0.05, 0) is 36.3 Å². The highest BCUT2D eigenvalue weighted by Gasteiger charge is 2.22. The molecule has 0 aliphatic heterocycles. The van der Waals surface area contributed by atoms with Gasteiger partial charge in [-0.3, -0.25) is 4.79 Å². The number of amides is 1. The minimum atomic E-state index is 0.316. The van der Waals surface area contributed by atoms with Gasteiger partial charge in [0.05, 0.1) is 6.04 Å². The Hall–Kier alpha value is -0.830. The monoisotopic (exact) mass is 209 g/mol. The van der Waals surface area contributed by atoms with Crippen molar-refractivity contribution in [3.05, 3.63) is 21.9 Å². The van der Waals surface area contributed by atoms with Crippen molar-refractivity contribution >= 4 is 17.7 Å². The molecule has 14 heavy (non-hydrogen) atoms. The van der Waals surface area contributed by atoms with Crippen LogP contribution in [0.3, 0.4) is 0 Å². The van der Waals surface area contributed by atoms with Crippen molar-refractivity contribution in [1.82, 2.24) is 4.90 Å². The Kier molecular flexibility index (Phi) is 2.87. The van der Waals surface area contributed by atoms with Crippen LogP contribution in [0.5, 0.6) is 0 Å². The summed E-state index contributed by atoms with van der Waals surface area (Å²) in [6.45, 7) is 0. The third-order valence-corrected chi connectivity index (χ3v) is 3.92. The van der Waals surface area contributed by atoms with Crippen LogP contribution >= 0.6 is 11.3 Å². The van der Waals surface area contributed by atoms with Gasteiger partial charge in [0.25, 0.3) is 0 Å². The lowest BCUT2D eigenvalue weighted by Crippen LogP contribution is -2.22. The van der Waals surface area contributed by atoms with Crippen molar-refractivity contribution < 1.29 is 4.79 Å². The van der Waals surface area contributed by atoms with E-state index in [9.17, 15) is 4.79 Å². The van der Waals surface area contributed by atoms with Gasteiger partial charge in [-0.1, -0.05) is 6.42 Å². The highest BCUT2D eigenvalue weighted by atomic mass is 32.1. The summed E-state index contributed by atoms with van der Waals surface area (Å²) in [7, 11) is 1.88. The molecule has 0 N–H and O–H groups in total. The molecule has 1 aromatic heterocycles. The number of rotatable bonds is 2. The zero-order valence-corrected chi connectivity index (χ0v) is 9.22. The van der Waals surface area contributed by atoms with Crippen molar-refractivity contribution in [3.8, 4) is 0 Å². The topological polar surface area (TPSA) is 20.3 Å². The van der Waals surface area contributed by atoms with E-state index in [2.05, 4.69) is 11.4 Å². The highest BCUT2D eigenvalue weighted by Crippen LogP contribution is 2.34. The third kappa shape index (κ3) is 1.69. The number of nitrogens with zero attached hydrogens (tertiary/aromatic N) is 1. The number of carbonyl (C=O) groups is 1. The molecule has 0 saturated carbocycles. The molecule has 0 fully saturated rings. The zero-order valence-electron chi connectivity index (χ0n) is 8.40. The van der Waals surface area contributed by atoms with Crippen LogP contribution < -0.4 is 0 Å². The minimum Gasteiger partial charge on any atom is -0.341 e. The van der Waals surface area contributed by atoms with Gasteiger partial charge < -0.3 is 4.90 Å². The van der Waals surface area contributed by atoms with Crippen LogP contribution in [0.15, 0.2) is 11.4 Å². The number of hydrogen-bond donors (Lipinski definition) is 0. The summed E-state index contributed by atoms with van der Waals surface area (Å²) in [6.07, 6.45) is 5.73. The van der Waals surface area contributed by atoms with Crippen LogP contribution in [0, 0.1) is 0 Å². The van der Waals surface area contributed by atoms with Crippen molar-refractivity contribution in [3.63, 3.8) is 0 Å². The van der Waals surface area contributed by atoms with E-state index in [4.69, 9.17) is 0 Å². The lowest BCUT2D eigenvalue weighted by Gasteiger charge is -2.23. The Morgan fingerprint density at radius 3 is 3.21 bits per heavy atom. The second kappa shape index (κ2) is 4.13. The fourth-order valence-corrected chi connectivity index (χ4v) is 3.11. The first-order valence-corrected chi connectivity index (χ1v) is 5.94. The Morgan fingerprint density at radius 2 is 2.43 bits per heavy atom. The molecule has 1 amide bonds. The van der Waals surface area contributed by atoms with Crippen LogP contribution in [0.25, 0.3) is 0 Å². The summed E-state index contributed by atoms with van der Waals surface area (Å²) in [5.74, 6) is 0. The summed E-state index contributed by atoms with van der Waals surface area (Å²) in [5, 5.41) is 2.14. The van der Waals surface area contributed by atoms with E-state index in [1.54, 1.807) is 4.90 Å². The predicted octanol–water partition coefficient (Wildman–Crippen LogP) is 2.60. The van der Waals surface area contributed by atoms with Crippen LogP contribution in [0.4, 0.5) is 0 Å². The number of hydrogen-bond acceptors (Lipinski definition) is 2. The molecule has 1 unspecified atom stereocenters. The second-order valence-electron chi connectivity index (χ2n) is 3.83. The second-order valence-corrected chi connectivity index (χ2v) is 4.83. The standard InChI is InChI=1S/C11H15NOS/c1-12(8-13)10-4-2-3-5-11-9(10)6-7-14-11/h6-8,10H,2-5H2,1H3. The van der Waals surface area contributed by atoms with Crippen molar-refractivity contribution in [2.75, 3.05) is 7.05 Å². The normalized spacial score (nSPS) is 21.1. The molecule has 0 radical (unpaired) electrons. The fraction of sp³-hybridized carbons (Fsp3) is 0.545. The number of carbonyl (C=O) groups excluding carboxylic acids is 1. The molecular weight excluding hydrogens is 194 g/mol. The largest absolute Gasteiger partial charge is 0.341 e.